The Bertz CT molecular complexity index is 485. The molecule has 1 fully saturated rings. The third kappa shape index (κ3) is 3.93. The summed E-state index contributed by atoms with van der Waals surface area (Å²) in [7, 11) is 0. The highest BCUT2D eigenvalue weighted by Crippen LogP contribution is 2.14. The summed E-state index contributed by atoms with van der Waals surface area (Å²) in [6.07, 6.45) is 3.21. The maximum Gasteiger partial charge on any atom is 0.257 e. The summed E-state index contributed by atoms with van der Waals surface area (Å²) in [5, 5.41) is 3.31. The van der Waals surface area contributed by atoms with Crippen LogP contribution >= 0.6 is 12.2 Å². The zero-order valence-corrected chi connectivity index (χ0v) is 12.5. The number of rotatable bonds is 4. The maximum atomic E-state index is 12.2. The molecule has 2 rings (SSSR count). The Morgan fingerprint density at radius 2 is 2.15 bits per heavy atom. The lowest BCUT2D eigenvalue weighted by Crippen LogP contribution is -2.41. The Morgan fingerprint density at radius 1 is 1.40 bits per heavy atom. The van der Waals surface area contributed by atoms with E-state index in [1.165, 1.54) is 0 Å². The number of ether oxygens (including phenoxy) is 1. The summed E-state index contributed by atoms with van der Waals surface area (Å²) in [6, 6.07) is 7.18. The first-order valence-corrected chi connectivity index (χ1v) is 7.44. The van der Waals surface area contributed by atoms with E-state index in [1.807, 2.05) is 24.0 Å². The van der Waals surface area contributed by atoms with Gasteiger partial charge >= 0.3 is 0 Å². The number of hydrogen-bond donors (Lipinski definition) is 1. The van der Waals surface area contributed by atoms with Gasteiger partial charge in [0.25, 0.3) is 5.91 Å². The number of carbonyl (C=O) groups is 1. The molecule has 1 saturated heterocycles. The Labute approximate surface area is 125 Å². The SMILES string of the molecule is CCCOc1cccc(C(=O)NC(=S)N2CCCC2)c1. The molecule has 108 valence electrons. The van der Waals surface area contributed by atoms with E-state index >= 15 is 0 Å². The number of hydrogen-bond acceptors (Lipinski definition) is 3. The molecule has 0 radical (unpaired) electrons. The topological polar surface area (TPSA) is 41.6 Å². The molecule has 4 nitrogen and oxygen atoms in total. The standard InChI is InChI=1S/C15H20N2O2S/c1-2-10-19-13-7-5-6-12(11-13)14(18)16-15(20)17-8-3-4-9-17/h5-7,11H,2-4,8-10H2,1H3,(H,16,18,20). The number of nitrogens with zero attached hydrogens (tertiary/aromatic N) is 1. The predicted octanol–water partition coefficient (Wildman–Crippen LogP) is 2.59. The van der Waals surface area contributed by atoms with E-state index in [0.29, 0.717) is 23.0 Å². The van der Waals surface area contributed by atoms with Gasteiger partial charge < -0.3 is 9.64 Å². The smallest absolute Gasteiger partial charge is 0.257 e. The summed E-state index contributed by atoms with van der Waals surface area (Å²) in [5.41, 5.74) is 0.570. The fraction of sp³-hybridized carbons (Fsp3) is 0.467. The van der Waals surface area contributed by atoms with Gasteiger partial charge in [-0.05, 0) is 49.7 Å². The van der Waals surface area contributed by atoms with Crippen molar-refractivity contribution in [2.75, 3.05) is 19.7 Å². The van der Waals surface area contributed by atoms with Gasteiger partial charge in [-0.15, -0.1) is 0 Å². The first kappa shape index (κ1) is 14.8. The van der Waals surface area contributed by atoms with Crippen LogP contribution in [0.1, 0.15) is 36.5 Å². The molecule has 1 heterocycles. The van der Waals surface area contributed by atoms with Gasteiger partial charge in [0.2, 0.25) is 0 Å². The van der Waals surface area contributed by atoms with Gasteiger partial charge in [0.1, 0.15) is 5.75 Å². The number of likely N-dealkylation sites (tertiary alicyclic amines) is 1. The lowest BCUT2D eigenvalue weighted by Gasteiger charge is -2.18. The van der Waals surface area contributed by atoms with Crippen molar-refractivity contribution in [3.63, 3.8) is 0 Å². The molecule has 0 bridgehead atoms. The fourth-order valence-corrected chi connectivity index (χ4v) is 2.39. The third-order valence-electron chi connectivity index (χ3n) is 3.18. The molecule has 0 aliphatic carbocycles. The maximum absolute atomic E-state index is 12.2. The zero-order valence-electron chi connectivity index (χ0n) is 11.7. The number of benzene rings is 1. The van der Waals surface area contributed by atoms with Crippen LogP contribution in [0.15, 0.2) is 24.3 Å². The van der Waals surface area contributed by atoms with Gasteiger partial charge in [-0.25, -0.2) is 0 Å². The molecule has 0 spiro atoms. The van der Waals surface area contributed by atoms with Crippen molar-refractivity contribution in [3.05, 3.63) is 29.8 Å². The molecule has 0 aromatic heterocycles. The van der Waals surface area contributed by atoms with Crippen molar-refractivity contribution in [1.82, 2.24) is 10.2 Å². The number of nitrogens with one attached hydrogen (secondary N) is 1. The molecule has 1 aromatic carbocycles. The highest BCUT2D eigenvalue weighted by Gasteiger charge is 2.17. The van der Waals surface area contributed by atoms with Crippen molar-refractivity contribution in [2.45, 2.75) is 26.2 Å². The summed E-state index contributed by atoms with van der Waals surface area (Å²) in [6.45, 7) is 4.56. The average molecular weight is 292 g/mol. The highest BCUT2D eigenvalue weighted by atomic mass is 32.1. The van der Waals surface area contributed by atoms with Gasteiger partial charge in [0, 0.05) is 18.7 Å². The van der Waals surface area contributed by atoms with E-state index in [9.17, 15) is 4.79 Å². The summed E-state index contributed by atoms with van der Waals surface area (Å²) in [5.74, 6) is 0.537. The lowest BCUT2D eigenvalue weighted by molar-refractivity contribution is 0.0973. The molecule has 0 atom stereocenters. The van der Waals surface area contributed by atoms with Crippen molar-refractivity contribution in [2.24, 2.45) is 0 Å². The van der Waals surface area contributed by atoms with Gasteiger partial charge in [-0.2, -0.15) is 0 Å². The Kier molecular flexibility index (Phi) is 5.35. The molecule has 1 aliphatic heterocycles. The molecule has 20 heavy (non-hydrogen) atoms. The van der Waals surface area contributed by atoms with Crippen molar-refractivity contribution in [1.29, 1.82) is 0 Å². The monoisotopic (exact) mass is 292 g/mol. The van der Waals surface area contributed by atoms with Crippen LogP contribution < -0.4 is 10.1 Å². The van der Waals surface area contributed by atoms with E-state index in [0.717, 1.165) is 32.4 Å². The second kappa shape index (κ2) is 7.24. The Balaban J connectivity index is 1.95. The van der Waals surface area contributed by atoms with Crippen molar-refractivity contribution < 1.29 is 9.53 Å². The molecular weight excluding hydrogens is 272 g/mol. The molecule has 1 aromatic rings. The van der Waals surface area contributed by atoms with Crippen molar-refractivity contribution in [3.8, 4) is 5.75 Å². The van der Waals surface area contributed by atoms with Crippen LogP contribution in [0.2, 0.25) is 0 Å². The normalized spacial score (nSPS) is 14.2. The molecule has 1 aliphatic rings. The molecule has 0 saturated carbocycles. The van der Waals surface area contributed by atoms with Gasteiger partial charge in [-0.1, -0.05) is 13.0 Å². The van der Waals surface area contributed by atoms with Gasteiger partial charge in [0.15, 0.2) is 5.11 Å². The molecular formula is C15H20N2O2S. The average Bonchev–Trinajstić information content (AvgIpc) is 2.99. The van der Waals surface area contributed by atoms with Crippen LogP contribution in [0.3, 0.4) is 0 Å². The van der Waals surface area contributed by atoms with Gasteiger partial charge in [-0.3, -0.25) is 10.1 Å². The van der Waals surface area contributed by atoms with E-state index in [4.69, 9.17) is 17.0 Å². The lowest BCUT2D eigenvalue weighted by atomic mass is 10.2. The third-order valence-corrected chi connectivity index (χ3v) is 3.54. The van der Waals surface area contributed by atoms with E-state index in [1.54, 1.807) is 12.1 Å². The quantitative estimate of drug-likeness (QED) is 0.866. The van der Waals surface area contributed by atoms with Crippen LogP contribution in [0.4, 0.5) is 0 Å². The predicted molar refractivity (Wildman–Crippen MR) is 83.1 cm³/mol. The highest BCUT2D eigenvalue weighted by molar-refractivity contribution is 7.80. The minimum absolute atomic E-state index is 0.177. The number of thiocarbonyl (C=S) groups is 1. The first-order chi connectivity index (χ1) is 9.70. The summed E-state index contributed by atoms with van der Waals surface area (Å²) in [4.78, 5) is 14.2. The molecule has 5 heteroatoms. The number of carbonyl (C=O) groups excluding carboxylic acids is 1. The van der Waals surface area contributed by atoms with Crippen LogP contribution in [0.5, 0.6) is 5.75 Å². The van der Waals surface area contributed by atoms with Crippen LogP contribution in [-0.2, 0) is 0 Å². The zero-order chi connectivity index (χ0) is 14.4. The Hall–Kier alpha value is -1.62. The summed E-state index contributed by atoms with van der Waals surface area (Å²) < 4.78 is 5.53. The molecule has 1 N–H and O–H groups in total. The minimum atomic E-state index is -0.177. The van der Waals surface area contributed by atoms with E-state index < -0.39 is 0 Å². The fourth-order valence-electron chi connectivity index (χ4n) is 2.12. The van der Waals surface area contributed by atoms with Gasteiger partial charge in [0.05, 0.1) is 6.61 Å². The first-order valence-electron chi connectivity index (χ1n) is 7.04. The van der Waals surface area contributed by atoms with Crippen LogP contribution in [0, 0.1) is 0 Å². The van der Waals surface area contributed by atoms with Crippen LogP contribution in [-0.4, -0.2) is 35.6 Å². The van der Waals surface area contributed by atoms with Crippen molar-refractivity contribution >= 4 is 23.2 Å². The second-order valence-corrected chi connectivity index (χ2v) is 5.22. The van der Waals surface area contributed by atoms with E-state index in [2.05, 4.69) is 5.32 Å². The number of amides is 1. The molecule has 1 amide bonds. The minimum Gasteiger partial charge on any atom is -0.494 e. The molecule has 0 unspecified atom stereocenters. The second-order valence-electron chi connectivity index (χ2n) is 4.83. The van der Waals surface area contributed by atoms with E-state index in [-0.39, 0.29) is 5.91 Å². The summed E-state index contributed by atoms with van der Waals surface area (Å²) >= 11 is 5.26. The van der Waals surface area contributed by atoms with Crippen LogP contribution in [0.25, 0.3) is 0 Å². The largest absolute Gasteiger partial charge is 0.494 e. The Morgan fingerprint density at radius 3 is 2.85 bits per heavy atom.